The zero-order chi connectivity index (χ0) is 20.8. The molecule has 3 fully saturated rings. The first-order chi connectivity index (χ1) is 15.2. The minimum absolute atomic E-state index is 0.0697. The van der Waals surface area contributed by atoms with E-state index in [1.54, 1.807) is 0 Å². The minimum Gasteiger partial charge on any atom is -0.356 e. The molecule has 3 aromatic rings. The van der Waals surface area contributed by atoms with Gasteiger partial charge < -0.3 is 14.8 Å². The maximum Gasteiger partial charge on any atom is 0.227 e. The molecule has 0 radical (unpaired) electrons. The molecule has 0 bridgehead atoms. The molecule has 1 N–H and O–H groups in total. The standard InChI is InChI=1S/C23H27N7O/c31-23(29-11-1-2-12-29)16-4-3-13-30(14-16)19-8-7-18-20(27-19)28-22(26-18)21-24-10-9-17(25-21)15-5-6-15/h7-10,15-16H,1-6,11-14H2,(H,26,27,28). The summed E-state index contributed by atoms with van der Waals surface area (Å²) in [5.74, 6) is 3.14. The number of hydrogen-bond acceptors (Lipinski definition) is 6. The number of pyridine rings is 1. The fraction of sp³-hybridized carbons (Fsp3) is 0.522. The molecule has 8 nitrogen and oxygen atoms in total. The first-order valence-electron chi connectivity index (χ1n) is 11.5. The van der Waals surface area contributed by atoms with Crippen LogP contribution in [0.4, 0.5) is 5.82 Å². The molecule has 160 valence electrons. The van der Waals surface area contributed by atoms with E-state index in [-0.39, 0.29) is 5.92 Å². The second kappa shape index (κ2) is 7.59. The highest BCUT2D eigenvalue weighted by atomic mass is 16.2. The van der Waals surface area contributed by atoms with Crippen molar-refractivity contribution in [2.75, 3.05) is 31.1 Å². The molecule has 1 aliphatic carbocycles. The lowest BCUT2D eigenvalue weighted by molar-refractivity contribution is -0.134. The summed E-state index contributed by atoms with van der Waals surface area (Å²) in [7, 11) is 0. The maximum absolute atomic E-state index is 12.9. The van der Waals surface area contributed by atoms with Gasteiger partial charge in [0, 0.05) is 44.0 Å². The predicted octanol–water partition coefficient (Wildman–Crippen LogP) is 3.13. The Morgan fingerprint density at radius 3 is 2.68 bits per heavy atom. The molecule has 2 saturated heterocycles. The number of carbonyl (C=O) groups is 1. The zero-order valence-corrected chi connectivity index (χ0v) is 17.6. The lowest BCUT2D eigenvalue weighted by Crippen LogP contribution is -2.44. The highest BCUT2D eigenvalue weighted by molar-refractivity contribution is 5.80. The van der Waals surface area contributed by atoms with Gasteiger partial charge in [0.1, 0.15) is 11.3 Å². The number of H-pyrrole nitrogens is 1. The Morgan fingerprint density at radius 2 is 1.84 bits per heavy atom. The van der Waals surface area contributed by atoms with Crippen LogP contribution in [-0.4, -0.2) is 61.9 Å². The van der Waals surface area contributed by atoms with Crippen LogP contribution in [0.1, 0.15) is 50.1 Å². The maximum atomic E-state index is 12.9. The summed E-state index contributed by atoms with van der Waals surface area (Å²) in [6.07, 6.45) is 8.48. The molecule has 31 heavy (non-hydrogen) atoms. The smallest absolute Gasteiger partial charge is 0.227 e. The molecular formula is C23H27N7O. The third-order valence-electron chi connectivity index (χ3n) is 6.73. The van der Waals surface area contributed by atoms with Crippen molar-refractivity contribution in [3.8, 4) is 11.6 Å². The number of nitrogens with one attached hydrogen (secondary N) is 1. The number of fused-ring (bicyclic) bond motifs is 1. The lowest BCUT2D eigenvalue weighted by Gasteiger charge is -2.34. The Labute approximate surface area is 181 Å². The second-order valence-corrected chi connectivity index (χ2v) is 9.02. The fourth-order valence-corrected chi connectivity index (χ4v) is 4.84. The van der Waals surface area contributed by atoms with Gasteiger partial charge in [-0.3, -0.25) is 4.79 Å². The van der Waals surface area contributed by atoms with Gasteiger partial charge >= 0.3 is 0 Å². The Hall–Kier alpha value is -3.03. The molecule has 3 aliphatic rings. The summed E-state index contributed by atoms with van der Waals surface area (Å²) in [6, 6.07) is 6.00. The Balaban J connectivity index is 1.23. The van der Waals surface area contributed by atoms with Crippen molar-refractivity contribution in [3.63, 3.8) is 0 Å². The van der Waals surface area contributed by atoms with Crippen LogP contribution >= 0.6 is 0 Å². The van der Waals surface area contributed by atoms with Crippen molar-refractivity contribution in [2.24, 2.45) is 5.92 Å². The topological polar surface area (TPSA) is 90.9 Å². The van der Waals surface area contributed by atoms with Gasteiger partial charge in [0.05, 0.1) is 5.92 Å². The molecule has 1 atom stereocenters. The van der Waals surface area contributed by atoms with E-state index in [1.165, 1.54) is 12.8 Å². The summed E-state index contributed by atoms with van der Waals surface area (Å²) in [4.78, 5) is 39.1. The van der Waals surface area contributed by atoms with Gasteiger partial charge in [-0.2, -0.15) is 0 Å². The van der Waals surface area contributed by atoms with E-state index < -0.39 is 0 Å². The average Bonchev–Trinajstić information content (AvgIpc) is 3.35. The van der Waals surface area contributed by atoms with Crippen LogP contribution in [0, 0.1) is 5.92 Å². The molecule has 0 spiro atoms. The molecule has 6 rings (SSSR count). The van der Waals surface area contributed by atoms with Crippen LogP contribution < -0.4 is 4.90 Å². The zero-order valence-electron chi connectivity index (χ0n) is 17.6. The largest absolute Gasteiger partial charge is 0.356 e. The number of imidazole rings is 1. The van der Waals surface area contributed by atoms with Crippen LogP contribution in [0.2, 0.25) is 0 Å². The Bertz CT molecular complexity index is 1120. The summed E-state index contributed by atoms with van der Waals surface area (Å²) in [6.45, 7) is 3.50. The van der Waals surface area contributed by atoms with Crippen molar-refractivity contribution in [1.29, 1.82) is 0 Å². The molecule has 1 amide bonds. The highest BCUT2D eigenvalue weighted by Gasteiger charge is 2.31. The number of aromatic amines is 1. The third kappa shape index (κ3) is 3.64. The highest BCUT2D eigenvalue weighted by Crippen LogP contribution is 2.39. The number of hydrogen-bond donors (Lipinski definition) is 1. The Kier molecular flexibility index (Phi) is 4.58. The van der Waals surface area contributed by atoms with Crippen molar-refractivity contribution < 1.29 is 4.79 Å². The number of likely N-dealkylation sites (tertiary alicyclic amines) is 1. The first-order valence-corrected chi connectivity index (χ1v) is 11.5. The summed E-state index contributed by atoms with van der Waals surface area (Å²) in [5, 5.41) is 0. The van der Waals surface area contributed by atoms with Crippen LogP contribution in [0.25, 0.3) is 22.8 Å². The summed E-state index contributed by atoms with van der Waals surface area (Å²) in [5.41, 5.74) is 2.64. The predicted molar refractivity (Wildman–Crippen MR) is 118 cm³/mol. The van der Waals surface area contributed by atoms with Gasteiger partial charge in [-0.05, 0) is 56.7 Å². The van der Waals surface area contributed by atoms with Crippen molar-refractivity contribution in [3.05, 3.63) is 30.1 Å². The minimum atomic E-state index is 0.0697. The van der Waals surface area contributed by atoms with E-state index in [0.717, 1.165) is 74.5 Å². The first kappa shape index (κ1) is 18.7. The number of amides is 1. The molecule has 0 aromatic carbocycles. The van der Waals surface area contributed by atoms with Gasteiger partial charge in [-0.15, -0.1) is 0 Å². The van der Waals surface area contributed by atoms with Crippen LogP contribution in [0.15, 0.2) is 24.4 Å². The van der Waals surface area contributed by atoms with E-state index >= 15 is 0 Å². The van der Waals surface area contributed by atoms with E-state index in [1.807, 2.05) is 29.3 Å². The van der Waals surface area contributed by atoms with Crippen LogP contribution in [-0.2, 0) is 4.79 Å². The Morgan fingerprint density at radius 1 is 0.968 bits per heavy atom. The number of piperidine rings is 1. The number of nitrogens with zero attached hydrogens (tertiary/aromatic N) is 6. The van der Waals surface area contributed by atoms with Gasteiger partial charge in [0.25, 0.3) is 0 Å². The number of anilines is 1. The second-order valence-electron chi connectivity index (χ2n) is 9.02. The van der Waals surface area contributed by atoms with E-state index in [0.29, 0.717) is 23.5 Å². The van der Waals surface area contributed by atoms with E-state index in [9.17, 15) is 4.79 Å². The lowest BCUT2D eigenvalue weighted by atomic mass is 9.96. The van der Waals surface area contributed by atoms with E-state index in [4.69, 9.17) is 9.97 Å². The quantitative estimate of drug-likeness (QED) is 0.701. The normalized spacial score (nSPS) is 21.7. The summed E-state index contributed by atoms with van der Waals surface area (Å²) < 4.78 is 0. The summed E-state index contributed by atoms with van der Waals surface area (Å²) >= 11 is 0. The molecule has 3 aromatic heterocycles. The van der Waals surface area contributed by atoms with Crippen LogP contribution in [0.5, 0.6) is 0 Å². The molecule has 1 unspecified atom stereocenters. The van der Waals surface area contributed by atoms with Crippen LogP contribution in [0.3, 0.4) is 0 Å². The molecule has 2 aliphatic heterocycles. The van der Waals surface area contributed by atoms with Crippen molar-refractivity contribution in [1.82, 2.24) is 29.8 Å². The van der Waals surface area contributed by atoms with E-state index in [2.05, 4.69) is 19.9 Å². The number of rotatable bonds is 4. The molecule has 5 heterocycles. The van der Waals surface area contributed by atoms with Crippen molar-refractivity contribution >= 4 is 22.9 Å². The molecular weight excluding hydrogens is 390 g/mol. The van der Waals surface area contributed by atoms with Gasteiger partial charge in [0.2, 0.25) is 5.91 Å². The third-order valence-corrected chi connectivity index (χ3v) is 6.73. The fourth-order valence-electron chi connectivity index (χ4n) is 4.84. The monoisotopic (exact) mass is 417 g/mol. The number of carbonyl (C=O) groups excluding carboxylic acids is 1. The molecule has 8 heteroatoms. The molecule has 1 saturated carbocycles. The van der Waals surface area contributed by atoms with Gasteiger partial charge in [0.15, 0.2) is 17.3 Å². The van der Waals surface area contributed by atoms with Crippen molar-refractivity contribution in [2.45, 2.75) is 44.4 Å². The SMILES string of the molecule is O=C(C1CCCN(c2ccc3nc(-c4nccc(C5CC5)n4)[nH]c3n2)C1)N1CCCC1. The number of aromatic nitrogens is 5. The van der Waals surface area contributed by atoms with Gasteiger partial charge in [-0.25, -0.2) is 19.9 Å². The average molecular weight is 418 g/mol. The van der Waals surface area contributed by atoms with Gasteiger partial charge in [-0.1, -0.05) is 0 Å².